The van der Waals surface area contributed by atoms with Crippen LogP contribution in [0.3, 0.4) is 0 Å². The second-order valence-corrected chi connectivity index (χ2v) is 6.02. The molecule has 0 aromatic heterocycles. The van der Waals surface area contributed by atoms with Crippen LogP contribution in [0.25, 0.3) is 0 Å². The Kier molecular flexibility index (Phi) is 6.23. The molecule has 0 atom stereocenters. The summed E-state index contributed by atoms with van der Waals surface area (Å²) in [6.45, 7) is -0.369. The quantitative estimate of drug-likeness (QED) is 0.526. The molecule has 0 heterocycles. The molecule has 0 spiro atoms. The van der Waals surface area contributed by atoms with Gasteiger partial charge in [-0.25, -0.2) is 4.79 Å². The van der Waals surface area contributed by atoms with Crippen LogP contribution in [0, 0.1) is 0 Å². The first kappa shape index (κ1) is 18.3. The highest BCUT2D eigenvalue weighted by molar-refractivity contribution is 9.10. The number of carbonyl (C=O) groups is 2. The zero-order valence-electron chi connectivity index (χ0n) is 13.0. The van der Waals surface area contributed by atoms with E-state index in [2.05, 4.69) is 15.9 Å². The standard InChI is InChI=1S/C17H14BrClO5/c1-22-15-8-11(7-13(19)16(15)23-2)17(21)24-9-14(20)10-3-5-12(18)6-4-10/h3-8H,9H2,1-2H3. The number of hydrogen-bond donors (Lipinski definition) is 0. The van der Waals surface area contributed by atoms with E-state index >= 15 is 0 Å². The number of ether oxygens (including phenoxy) is 3. The number of methoxy groups -OCH3 is 2. The normalized spacial score (nSPS) is 10.2. The van der Waals surface area contributed by atoms with Crippen LogP contribution in [0.4, 0.5) is 0 Å². The number of hydrogen-bond acceptors (Lipinski definition) is 5. The van der Waals surface area contributed by atoms with Gasteiger partial charge in [0.2, 0.25) is 0 Å². The van der Waals surface area contributed by atoms with Gasteiger partial charge in [0.25, 0.3) is 0 Å². The zero-order valence-corrected chi connectivity index (χ0v) is 15.3. The van der Waals surface area contributed by atoms with Crippen LogP contribution in [-0.4, -0.2) is 32.6 Å². The molecule has 24 heavy (non-hydrogen) atoms. The maximum atomic E-state index is 12.1. The number of rotatable bonds is 6. The van der Waals surface area contributed by atoms with E-state index in [-0.39, 0.29) is 23.0 Å². The SMILES string of the molecule is COc1cc(C(=O)OCC(=O)c2ccc(Br)cc2)cc(Cl)c1OC. The summed E-state index contributed by atoms with van der Waals surface area (Å²) in [6.07, 6.45) is 0. The fraction of sp³-hybridized carbons (Fsp3) is 0.176. The van der Waals surface area contributed by atoms with E-state index in [0.29, 0.717) is 17.1 Å². The summed E-state index contributed by atoms with van der Waals surface area (Å²) in [4.78, 5) is 24.1. The highest BCUT2D eigenvalue weighted by Gasteiger charge is 2.17. The van der Waals surface area contributed by atoms with Gasteiger partial charge in [0.15, 0.2) is 23.9 Å². The Balaban J connectivity index is 2.08. The van der Waals surface area contributed by atoms with E-state index in [0.717, 1.165) is 4.47 Å². The largest absolute Gasteiger partial charge is 0.493 e. The zero-order chi connectivity index (χ0) is 17.7. The molecule has 2 rings (SSSR count). The average molecular weight is 414 g/mol. The third-order valence-corrected chi connectivity index (χ3v) is 3.98. The first-order valence-electron chi connectivity index (χ1n) is 6.83. The second-order valence-electron chi connectivity index (χ2n) is 4.70. The first-order valence-corrected chi connectivity index (χ1v) is 8.00. The van der Waals surface area contributed by atoms with Crippen molar-refractivity contribution in [2.45, 2.75) is 0 Å². The van der Waals surface area contributed by atoms with Gasteiger partial charge in [0, 0.05) is 10.0 Å². The summed E-state index contributed by atoms with van der Waals surface area (Å²) in [5.41, 5.74) is 0.623. The Labute approximate surface area is 152 Å². The smallest absolute Gasteiger partial charge is 0.338 e. The lowest BCUT2D eigenvalue weighted by molar-refractivity contribution is 0.0474. The van der Waals surface area contributed by atoms with Gasteiger partial charge in [0.1, 0.15) is 0 Å². The monoisotopic (exact) mass is 412 g/mol. The summed E-state index contributed by atoms with van der Waals surface area (Å²) < 4.78 is 16.1. The summed E-state index contributed by atoms with van der Waals surface area (Å²) in [7, 11) is 2.87. The molecule has 0 bridgehead atoms. The van der Waals surface area contributed by atoms with Crippen LogP contribution in [0.2, 0.25) is 5.02 Å². The predicted molar refractivity (Wildman–Crippen MR) is 93.3 cm³/mol. The lowest BCUT2D eigenvalue weighted by atomic mass is 10.1. The molecule has 0 amide bonds. The second kappa shape index (κ2) is 8.17. The van der Waals surface area contributed by atoms with Gasteiger partial charge < -0.3 is 14.2 Å². The van der Waals surface area contributed by atoms with Gasteiger partial charge in [0.05, 0.1) is 24.8 Å². The van der Waals surface area contributed by atoms with Crippen LogP contribution in [-0.2, 0) is 4.74 Å². The minimum atomic E-state index is -0.677. The Hall–Kier alpha value is -2.05. The van der Waals surface area contributed by atoms with E-state index in [1.807, 2.05) is 0 Å². The molecule has 2 aromatic carbocycles. The molecule has 5 nitrogen and oxygen atoms in total. The fourth-order valence-corrected chi connectivity index (χ4v) is 2.52. The predicted octanol–water partition coefficient (Wildman–Crippen LogP) is 4.16. The number of Topliss-reactive ketones (excluding diaryl/α,β-unsaturated/α-hetero) is 1. The Morgan fingerprint density at radius 2 is 1.71 bits per heavy atom. The lowest BCUT2D eigenvalue weighted by Gasteiger charge is -2.11. The minimum Gasteiger partial charge on any atom is -0.493 e. The highest BCUT2D eigenvalue weighted by atomic mass is 79.9. The van der Waals surface area contributed by atoms with Crippen molar-refractivity contribution in [2.24, 2.45) is 0 Å². The Morgan fingerprint density at radius 1 is 1.04 bits per heavy atom. The molecule has 0 N–H and O–H groups in total. The minimum absolute atomic E-state index is 0.168. The molecule has 2 aromatic rings. The van der Waals surface area contributed by atoms with Crippen molar-refractivity contribution in [3.05, 3.63) is 57.0 Å². The van der Waals surface area contributed by atoms with Crippen molar-refractivity contribution in [1.82, 2.24) is 0 Å². The summed E-state index contributed by atoms with van der Waals surface area (Å²) in [5.74, 6) is -0.358. The average Bonchev–Trinajstić information content (AvgIpc) is 2.59. The van der Waals surface area contributed by atoms with Crippen LogP contribution in [0.1, 0.15) is 20.7 Å². The maximum absolute atomic E-state index is 12.1. The van der Waals surface area contributed by atoms with Crippen molar-refractivity contribution < 1.29 is 23.8 Å². The van der Waals surface area contributed by atoms with Gasteiger partial charge in [-0.15, -0.1) is 0 Å². The van der Waals surface area contributed by atoms with E-state index in [9.17, 15) is 9.59 Å². The molecule has 0 unspecified atom stereocenters. The molecular formula is C17H14BrClO5. The molecule has 0 aliphatic carbocycles. The van der Waals surface area contributed by atoms with Crippen molar-refractivity contribution in [2.75, 3.05) is 20.8 Å². The molecular weight excluding hydrogens is 400 g/mol. The third kappa shape index (κ3) is 4.27. The van der Waals surface area contributed by atoms with Crippen LogP contribution < -0.4 is 9.47 Å². The molecule has 7 heteroatoms. The van der Waals surface area contributed by atoms with Gasteiger partial charge in [-0.2, -0.15) is 0 Å². The molecule has 0 aliphatic heterocycles. The number of ketones is 1. The summed E-state index contributed by atoms with van der Waals surface area (Å²) in [6, 6.07) is 9.61. The Bertz CT molecular complexity index is 758. The maximum Gasteiger partial charge on any atom is 0.338 e. The van der Waals surface area contributed by atoms with Crippen molar-refractivity contribution >= 4 is 39.3 Å². The van der Waals surface area contributed by atoms with Crippen LogP contribution in [0.5, 0.6) is 11.5 Å². The van der Waals surface area contributed by atoms with Gasteiger partial charge in [-0.3, -0.25) is 4.79 Å². The topological polar surface area (TPSA) is 61.8 Å². The lowest BCUT2D eigenvalue weighted by Crippen LogP contribution is -2.14. The number of esters is 1. The van der Waals surface area contributed by atoms with Crippen LogP contribution >= 0.6 is 27.5 Å². The van der Waals surface area contributed by atoms with E-state index in [1.54, 1.807) is 24.3 Å². The van der Waals surface area contributed by atoms with Gasteiger partial charge >= 0.3 is 5.97 Å². The van der Waals surface area contributed by atoms with E-state index < -0.39 is 5.97 Å². The fourth-order valence-electron chi connectivity index (χ4n) is 1.97. The van der Waals surface area contributed by atoms with Crippen molar-refractivity contribution in [1.29, 1.82) is 0 Å². The van der Waals surface area contributed by atoms with Crippen LogP contribution in [0.15, 0.2) is 40.9 Å². The third-order valence-electron chi connectivity index (χ3n) is 3.17. The van der Waals surface area contributed by atoms with E-state index in [1.165, 1.54) is 26.4 Å². The molecule has 0 aliphatic rings. The molecule has 0 fully saturated rings. The molecule has 126 valence electrons. The van der Waals surface area contributed by atoms with Gasteiger partial charge in [-0.1, -0.05) is 39.7 Å². The molecule has 0 saturated heterocycles. The molecule has 0 radical (unpaired) electrons. The first-order chi connectivity index (χ1) is 11.5. The summed E-state index contributed by atoms with van der Waals surface area (Å²) >= 11 is 9.33. The highest BCUT2D eigenvalue weighted by Crippen LogP contribution is 2.36. The molecule has 0 saturated carbocycles. The number of benzene rings is 2. The number of halogens is 2. The Morgan fingerprint density at radius 3 is 2.29 bits per heavy atom. The van der Waals surface area contributed by atoms with E-state index in [4.69, 9.17) is 25.8 Å². The van der Waals surface area contributed by atoms with Crippen molar-refractivity contribution in [3.8, 4) is 11.5 Å². The summed E-state index contributed by atoms with van der Waals surface area (Å²) in [5, 5.41) is 0.211. The van der Waals surface area contributed by atoms with Gasteiger partial charge in [-0.05, 0) is 24.3 Å². The number of carbonyl (C=O) groups excluding carboxylic acids is 2. The van der Waals surface area contributed by atoms with Crippen molar-refractivity contribution in [3.63, 3.8) is 0 Å².